The highest BCUT2D eigenvalue weighted by atomic mass is 16.5. The zero-order chi connectivity index (χ0) is 16.8. The SMILES string of the molecule is COc1ccccc1CNC1C(CCO)CNC1c1ccccc1. The average Bonchev–Trinajstić information content (AvgIpc) is 3.04. The fourth-order valence-corrected chi connectivity index (χ4v) is 3.60. The second-order valence-electron chi connectivity index (χ2n) is 6.29. The third-order valence-electron chi connectivity index (χ3n) is 4.85. The van der Waals surface area contributed by atoms with Gasteiger partial charge in [0.1, 0.15) is 5.75 Å². The number of aliphatic hydroxyl groups is 1. The van der Waals surface area contributed by atoms with Gasteiger partial charge < -0.3 is 20.5 Å². The first-order valence-corrected chi connectivity index (χ1v) is 8.58. The number of aliphatic hydroxyl groups excluding tert-OH is 1. The summed E-state index contributed by atoms with van der Waals surface area (Å²) in [5, 5.41) is 16.7. The summed E-state index contributed by atoms with van der Waals surface area (Å²) in [4.78, 5) is 0. The molecule has 128 valence electrons. The maximum atomic E-state index is 9.39. The number of para-hydroxylation sites is 1. The van der Waals surface area contributed by atoms with Crippen molar-refractivity contribution >= 4 is 0 Å². The molecule has 1 heterocycles. The molecule has 0 bridgehead atoms. The van der Waals surface area contributed by atoms with Crippen LogP contribution in [-0.4, -0.2) is 31.4 Å². The number of nitrogens with one attached hydrogen (secondary N) is 2. The first kappa shape index (κ1) is 17.0. The molecule has 0 aromatic heterocycles. The quantitative estimate of drug-likeness (QED) is 0.732. The van der Waals surface area contributed by atoms with E-state index in [0.29, 0.717) is 5.92 Å². The topological polar surface area (TPSA) is 53.5 Å². The van der Waals surface area contributed by atoms with Gasteiger partial charge in [0, 0.05) is 37.3 Å². The van der Waals surface area contributed by atoms with E-state index in [1.807, 2.05) is 24.3 Å². The van der Waals surface area contributed by atoms with Crippen LogP contribution in [0.1, 0.15) is 23.6 Å². The standard InChI is InChI=1S/C20H26N2O2/c1-24-18-10-6-5-9-16(18)13-21-20-17(11-12-23)14-22-19(20)15-7-3-2-4-8-15/h2-10,17,19-23H,11-14H2,1H3. The minimum atomic E-state index is 0.223. The van der Waals surface area contributed by atoms with E-state index < -0.39 is 0 Å². The minimum absolute atomic E-state index is 0.223. The van der Waals surface area contributed by atoms with Crippen LogP contribution in [0.2, 0.25) is 0 Å². The number of rotatable bonds is 7. The Labute approximate surface area is 143 Å². The number of hydrogen-bond acceptors (Lipinski definition) is 4. The number of ether oxygens (including phenoxy) is 1. The molecule has 3 N–H and O–H groups in total. The average molecular weight is 326 g/mol. The van der Waals surface area contributed by atoms with E-state index in [9.17, 15) is 5.11 Å². The molecule has 2 aromatic carbocycles. The van der Waals surface area contributed by atoms with Gasteiger partial charge >= 0.3 is 0 Å². The van der Waals surface area contributed by atoms with Crippen molar-refractivity contribution in [2.45, 2.75) is 25.0 Å². The van der Waals surface area contributed by atoms with E-state index in [1.165, 1.54) is 5.56 Å². The molecule has 1 aliphatic rings. The molecule has 0 spiro atoms. The van der Waals surface area contributed by atoms with Crippen LogP contribution in [0.4, 0.5) is 0 Å². The summed E-state index contributed by atoms with van der Waals surface area (Å²) in [6, 6.07) is 19.2. The summed E-state index contributed by atoms with van der Waals surface area (Å²) in [6.45, 7) is 1.89. The van der Waals surface area contributed by atoms with Gasteiger partial charge in [0.05, 0.1) is 7.11 Å². The molecule has 1 fully saturated rings. The van der Waals surface area contributed by atoms with Crippen molar-refractivity contribution in [1.82, 2.24) is 10.6 Å². The molecule has 3 atom stereocenters. The molecule has 0 aliphatic carbocycles. The predicted molar refractivity (Wildman–Crippen MR) is 96.0 cm³/mol. The molecule has 1 saturated heterocycles. The maximum absolute atomic E-state index is 9.39. The molecule has 3 unspecified atom stereocenters. The normalized spacial score (nSPS) is 23.3. The zero-order valence-corrected chi connectivity index (χ0v) is 14.1. The van der Waals surface area contributed by atoms with Gasteiger partial charge in [-0.15, -0.1) is 0 Å². The Morgan fingerprint density at radius 2 is 1.88 bits per heavy atom. The highest BCUT2D eigenvalue weighted by Gasteiger charge is 2.35. The second kappa shape index (κ2) is 8.29. The summed E-state index contributed by atoms with van der Waals surface area (Å²) in [6.07, 6.45) is 0.805. The lowest BCUT2D eigenvalue weighted by atomic mass is 9.91. The van der Waals surface area contributed by atoms with E-state index >= 15 is 0 Å². The highest BCUT2D eigenvalue weighted by Crippen LogP contribution is 2.30. The summed E-state index contributed by atoms with van der Waals surface area (Å²) >= 11 is 0. The largest absolute Gasteiger partial charge is 0.496 e. The van der Waals surface area contributed by atoms with Gasteiger partial charge in [-0.3, -0.25) is 0 Å². The third kappa shape index (κ3) is 3.78. The Balaban J connectivity index is 1.75. The smallest absolute Gasteiger partial charge is 0.123 e. The summed E-state index contributed by atoms with van der Waals surface area (Å²) in [5.41, 5.74) is 2.44. The first-order valence-electron chi connectivity index (χ1n) is 8.58. The lowest BCUT2D eigenvalue weighted by Gasteiger charge is -2.26. The van der Waals surface area contributed by atoms with E-state index in [1.54, 1.807) is 7.11 Å². The van der Waals surface area contributed by atoms with Crippen LogP contribution in [0.15, 0.2) is 54.6 Å². The number of benzene rings is 2. The highest BCUT2D eigenvalue weighted by molar-refractivity contribution is 5.33. The molecule has 4 nitrogen and oxygen atoms in total. The summed E-state index contributed by atoms with van der Waals surface area (Å²) in [7, 11) is 1.71. The van der Waals surface area contributed by atoms with Crippen LogP contribution in [-0.2, 0) is 6.54 Å². The van der Waals surface area contributed by atoms with Gasteiger partial charge in [-0.2, -0.15) is 0 Å². The Morgan fingerprint density at radius 3 is 2.62 bits per heavy atom. The van der Waals surface area contributed by atoms with E-state index in [4.69, 9.17) is 4.74 Å². The van der Waals surface area contributed by atoms with Crippen LogP contribution < -0.4 is 15.4 Å². The maximum Gasteiger partial charge on any atom is 0.123 e. The Hall–Kier alpha value is -1.88. The van der Waals surface area contributed by atoms with Crippen molar-refractivity contribution < 1.29 is 9.84 Å². The Morgan fingerprint density at radius 1 is 1.12 bits per heavy atom. The predicted octanol–water partition coefficient (Wildman–Crippen LogP) is 2.50. The van der Waals surface area contributed by atoms with Gasteiger partial charge in [-0.25, -0.2) is 0 Å². The van der Waals surface area contributed by atoms with Crippen LogP contribution in [0, 0.1) is 5.92 Å². The van der Waals surface area contributed by atoms with Crippen LogP contribution >= 0.6 is 0 Å². The monoisotopic (exact) mass is 326 g/mol. The molecule has 4 heteroatoms. The summed E-state index contributed by atoms with van der Waals surface area (Å²) < 4.78 is 5.45. The van der Waals surface area contributed by atoms with Gasteiger partial charge in [0.25, 0.3) is 0 Å². The number of hydrogen-bond donors (Lipinski definition) is 3. The zero-order valence-electron chi connectivity index (χ0n) is 14.1. The van der Waals surface area contributed by atoms with E-state index in [2.05, 4.69) is 41.0 Å². The fraction of sp³-hybridized carbons (Fsp3) is 0.400. The minimum Gasteiger partial charge on any atom is -0.496 e. The van der Waals surface area contributed by atoms with E-state index in [0.717, 1.165) is 30.8 Å². The molecule has 0 saturated carbocycles. The van der Waals surface area contributed by atoms with Crippen molar-refractivity contribution in [1.29, 1.82) is 0 Å². The van der Waals surface area contributed by atoms with E-state index in [-0.39, 0.29) is 18.7 Å². The Bertz CT molecular complexity index is 633. The molecule has 1 aliphatic heterocycles. The molecular formula is C20H26N2O2. The van der Waals surface area contributed by atoms with Crippen LogP contribution in [0.25, 0.3) is 0 Å². The third-order valence-corrected chi connectivity index (χ3v) is 4.85. The first-order chi connectivity index (χ1) is 11.8. The fourth-order valence-electron chi connectivity index (χ4n) is 3.60. The molecule has 0 radical (unpaired) electrons. The van der Waals surface area contributed by atoms with Crippen molar-refractivity contribution in [2.75, 3.05) is 20.3 Å². The van der Waals surface area contributed by atoms with Gasteiger partial charge in [0.15, 0.2) is 0 Å². The van der Waals surface area contributed by atoms with Crippen molar-refractivity contribution in [2.24, 2.45) is 5.92 Å². The molecule has 3 rings (SSSR count). The van der Waals surface area contributed by atoms with Crippen molar-refractivity contribution in [3.05, 3.63) is 65.7 Å². The summed E-state index contributed by atoms with van der Waals surface area (Å²) in [5.74, 6) is 1.32. The number of methoxy groups -OCH3 is 1. The molecule has 2 aromatic rings. The lowest BCUT2D eigenvalue weighted by Crippen LogP contribution is -2.38. The van der Waals surface area contributed by atoms with Crippen LogP contribution in [0.3, 0.4) is 0 Å². The van der Waals surface area contributed by atoms with Gasteiger partial charge in [0.2, 0.25) is 0 Å². The van der Waals surface area contributed by atoms with Gasteiger partial charge in [-0.05, 0) is 24.0 Å². The van der Waals surface area contributed by atoms with Crippen LogP contribution in [0.5, 0.6) is 5.75 Å². The van der Waals surface area contributed by atoms with Crippen molar-refractivity contribution in [3.8, 4) is 5.75 Å². The molecular weight excluding hydrogens is 300 g/mol. The molecule has 24 heavy (non-hydrogen) atoms. The Kier molecular flexibility index (Phi) is 5.86. The lowest BCUT2D eigenvalue weighted by molar-refractivity contribution is 0.243. The second-order valence-corrected chi connectivity index (χ2v) is 6.29. The van der Waals surface area contributed by atoms with Gasteiger partial charge in [-0.1, -0.05) is 48.5 Å². The van der Waals surface area contributed by atoms with Crippen molar-refractivity contribution in [3.63, 3.8) is 0 Å². The molecule has 0 amide bonds.